The summed E-state index contributed by atoms with van der Waals surface area (Å²) in [5.41, 5.74) is 2.90. The van der Waals surface area contributed by atoms with E-state index in [2.05, 4.69) is 43.4 Å². The average Bonchev–Trinajstić information content (AvgIpc) is 3.01. The summed E-state index contributed by atoms with van der Waals surface area (Å²) in [5, 5.41) is 3.07. The molecule has 4 nitrogen and oxygen atoms in total. The SMILES string of the molecule is CCC(NC(=O)c1ccc2c(c1)OCO2)c1ccc(C)cc1. The van der Waals surface area contributed by atoms with Gasteiger partial charge < -0.3 is 14.8 Å². The highest BCUT2D eigenvalue weighted by Gasteiger charge is 2.18. The Morgan fingerprint density at radius 3 is 2.59 bits per heavy atom. The summed E-state index contributed by atoms with van der Waals surface area (Å²) >= 11 is 0. The number of rotatable bonds is 4. The molecule has 0 saturated heterocycles. The second-order valence-electron chi connectivity index (χ2n) is 5.41. The molecule has 0 saturated carbocycles. The highest BCUT2D eigenvalue weighted by molar-refractivity contribution is 5.95. The molecule has 22 heavy (non-hydrogen) atoms. The number of ether oxygens (including phenoxy) is 2. The number of fused-ring (bicyclic) bond motifs is 1. The first-order chi connectivity index (χ1) is 10.7. The smallest absolute Gasteiger partial charge is 0.251 e. The van der Waals surface area contributed by atoms with E-state index in [0.717, 1.165) is 12.0 Å². The Morgan fingerprint density at radius 2 is 1.86 bits per heavy atom. The lowest BCUT2D eigenvalue weighted by Gasteiger charge is -2.18. The van der Waals surface area contributed by atoms with Crippen molar-refractivity contribution in [3.63, 3.8) is 0 Å². The van der Waals surface area contributed by atoms with E-state index < -0.39 is 0 Å². The highest BCUT2D eigenvalue weighted by atomic mass is 16.7. The zero-order valence-electron chi connectivity index (χ0n) is 12.8. The number of hydrogen-bond acceptors (Lipinski definition) is 3. The van der Waals surface area contributed by atoms with Crippen LogP contribution >= 0.6 is 0 Å². The van der Waals surface area contributed by atoms with Crippen LogP contribution in [0.2, 0.25) is 0 Å². The Morgan fingerprint density at radius 1 is 1.14 bits per heavy atom. The summed E-state index contributed by atoms with van der Waals surface area (Å²) in [6.07, 6.45) is 0.833. The van der Waals surface area contributed by atoms with E-state index in [-0.39, 0.29) is 18.7 Å². The third-order valence-corrected chi connectivity index (χ3v) is 3.83. The van der Waals surface area contributed by atoms with Gasteiger partial charge in [-0.15, -0.1) is 0 Å². The van der Waals surface area contributed by atoms with Crippen LogP contribution < -0.4 is 14.8 Å². The number of nitrogens with one attached hydrogen (secondary N) is 1. The second kappa shape index (κ2) is 6.10. The fraction of sp³-hybridized carbons (Fsp3) is 0.278. The molecular formula is C18H19NO3. The predicted molar refractivity (Wildman–Crippen MR) is 84.2 cm³/mol. The summed E-state index contributed by atoms with van der Waals surface area (Å²) in [7, 11) is 0. The zero-order chi connectivity index (χ0) is 15.5. The van der Waals surface area contributed by atoms with Crippen LogP contribution in [0.1, 0.15) is 40.9 Å². The maximum absolute atomic E-state index is 12.4. The van der Waals surface area contributed by atoms with Crippen molar-refractivity contribution >= 4 is 5.91 Å². The maximum atomic E-state index is 12.4. The van der Waals surface area contributed by atoms with Gasteiger partial charge in [-0.1, -0.05) is 36.8 Å². The fourth-order valence-corrected chi connectivity index (χ4v) is 2.50. The van der Waals surface area contributed by atoms with Gasteiger partial charge in [0.15, 0.2) is 11.5 Å². The quantitative estimate of drug-likeness (QED) is 0.938. The summed E-state index contributed by atoms with van der Waals surface area (Å²) < 4.78 is 10.6. The van der Waals surface area contributed by atoms with Crippen molar-refractivity contribution in [3.05, 3.63) is 59.2 Å². The number of carbonyl (C=O) groups excluding carboxylic acids is 1. The highest BCUT2D eigenvalue weighted by Crippen LogP contribution is 2.32. The first kappa shape index (κ1) is 14.4. The molecule has 1 N–H and O–H groups in total. The number of hydrogen-bond donors (Lipinski definition) is 1. The monoisotopic (exact) mass is 297 g/mol. The molecule has 1 atom stereocenters. The molecular weight excluding hydrogens is 278 g/mol. The van der Waals surface area contributed by atoms with Crippen molar-refractivity contribution in [1.29, 1.82) is 0 Å². The third kappa shape index (κ3) is 2.91. The van der Waals surface area contributed by atoms with Gasteiger partial charge in [0.2, 0.25) is 6.79 Å². The van der Waals surface area contributed by atoms with E-state index in [0.29, 0.717) is 17.1 Å². The van der Waals surface area contributed by atoms with Crippen molar-refractivity contribution in [2.45, 2.75) is 26.3 Å². The maximum Gasteiger partial charge on any atom is 0.251 e. The standard InChI is InChI=1S/C18H19NO3/c1-3-15(13-6-4-12(2)5-7-13)19-18(20)14-8-9-16-17(10-14)22-11-21-16/h4-10,15H,3,11H2,1-2H3,(H,19,20). The minimum absolute atomic E-state index is 0.00137. The van der Waals surface area contributed by atoms with Crippen molar-refractivity contribution in [2.75, 3.05) is 6.79 Å². The van der Waals surface area contributed by atoms with Gasteiger partial charge in [-0.25, -0.2) is 0 Å². The fourth-order valence-electron chi connectivity index (χ4n) is 2.50. The van der Waals surface area contributed by atoms with E-state index in [1.165, 1.54) is 5.56 Å². The van der Waals surface area contributed by atoms with Crippen LogP contribution in [-0.4, -0.2) is 12.7 Å². The van der Waals surface area contributed by atoms with Crippen LogP contribution in [0, 0.1) is 6.92 Å². The van der Waals surface area contributed by atoms with Gasteiger partial charge in [0.1, 0.15) is 0 Å². The number of carbonyl (C=O) groups is 1. The van der Waals surface area contributed by atoms with Crippen LogP contribution in [0.25, 0.3) is 0 Å². The molecule has 3 rings (SSSR count). The summed E-state index contributed by atoms with van der Waals surface area (Å²) in [4.78, 5) is 12.4. The van der Waals surface area contributed by atoms with Crippen LogP contribution in [-0.2, 0) is 0 Å². The molecule has 114 valence electrons. The molecule has 1 aliphatic heterocycles. The molecule has 4 heteroatoms. The molecule has 1 heterocycles. The van der Waals surface area contributed by atoms with E-state index >= 15 is 0 Å². The van der Waals surface area contributed by atoms with Crippen LogP contribution in [0.4, 0.5) is 0 Å². The number of aryl methyl sites for hydroxylation is 1. The summed E-state index contributed by atoms with van der Waals surface area (Å²) in [5.74, 6) is 1.20. The van der Waals surface area contributed by atoms with E-state index in [1.54, 1.807) is 18.2 Å². The Kier molecular flexibility index (Phi) is 4.00. The molecule has 0 fully saturated rings. The lowest BCUT2D eigenvalue weighted by molar-refractivity contribution is 0.0935. The topological polar surface area (TPSA) is 47.6 Å². The molecule has 1 unspecified atom stereocenters. The van der Waals surface area contributed by atoms with Crippen LogP contribution in [0.3, 0.4) is 0 Å². The largest absolute Gasteiger partial charge is 0.454 e. The Balaban J connectivity index is 1.76. The molecule has 0 radical (unpaired) electrons. The molecule has 0 bridgehead atoms. The van der Waals surface area contributed by atoms with E-state index in [1.807, 2.05) is 0 Å². The second-order valence-corrected chi connectivity index (χ2v) is 5.41. The van der Waals surface area contributed by atoms with Crippen molar-refractivity contribution in [1.82, 2.24) is 5.32 Å². The van der Waals surface area contributed by atoms with Gasteiger partial charge in [0, 0.05) is 5.56 Å². The first-order valence-corrected chi connectivity index (χ1v) is 7.44. The lowest BCUT2D eigenvalue weighted by atomic mass is 10.0. The number of benzene rings is 2. The van der Waals surface area contributed by atoms with E-state index in [9.17, 15) is 4.79 Å². The van der Waals surface area contributed by atoms with E-state index in [4.69, 9.17) is 9.47 Å². The summed E-state index contributed by atoms with van der Waals surface area (Å²) in [6, 6.07) is 13.5. The average molecular weight is 297 g/mol. The van der Waals surface area contributed by atoms with Gasteiger partial charge in [0.25, 0.3) is 5.91 Å². The van der Waals surface area contributed by atoms with Crippen LogP contribution in [0.15, 0.2) is 42.5 Å². The van der Waals surface area contributed by atoms with Gasteiger partial charge >= 0.3 is 0 Å². The molecule has 1 amide bonds. The van der Waals surface area contributed by atoms with Crippen molar-refractivity contribution < 1.29 is 14.3 Å². The molecule has 1 aliphatic rings. The zero-order valence-corrected chi connectivity index (χ0v) is 12.8. The normalized spacial score (nSPS) is 13.7. The van der Waals surface area contributed by atoms with Crippen molar-refractivity contribution in [2.24, 2.45) is 0 Å². The molecule has 0 aliphatic carbocycles. The molecule has 0 spiro atoms. The first-order valence-electron chi connectivity index (χ1n) is 7.44. The van der Waals surface area contributed by atoms with Gasteiger partial charge in [0.05, 0.1) is 6.04 Å². The Bertz CT molecular complexity index is 679. The minimum Gasteiger partial charge on any atom is -0.454 e. The number of amides is 1. The molecule has 2 aromatic rings. The summed E-state index contributed by atoms with van der Waals surface area (Å²) in [6.45, 7) is 4.32. The van der Waals surface area contributed by atoms with Crippen LogP contribution in [0.5, 0.6) is 11.5 Å². The minimum atomic E-state index is -0.106. The van der Waals surface area contributed by atoms with Gasteiger partial charge in [-0.3, -0.25) is 4.79 Å². The Labute approximate surface area is 130 Å². The Hall–Kier alpha value is -2.49. The lowest BCUT2D eigenvalue weighted by Crippen LogP contribution is -2.28. The molecule has 2 aromatic carbocycles. The molecule has 0 aromatic heterocycles. The third-order valence-electron chi connectivity index (χ3n) is 3.83. The van der Waals surface area contributed by atoms with Gasteiger partial charge in [-0.05, 0) is 37.1 Å². The van der Waals surface area contributed by atoms with Gasteiger partial charge in [-0.2, -0.15) is 0 Å². The predicted octanol–water partition coefficient (Wildman–Crippen LogP) is 3.60. The van der Waals surface area contributed by atoms with Crippen molar-refractivity contribution in [3.8, 4) is 11.5 Å².